The van der Waals surface area contributed by atoms with E-state index in [0.29, 0.717) is 23.5 Å². The molecule has 10 nitrogen and oxygen atoms in total. The molecule has 0 bridgehead atoms. The molecule has 0 spiro atoms. The minimum Gasteiger partial charge on any atom is -0.457 e. The lowest BCUT2D eigenvalue weighted by Crippen LogP contribution is -2.27. The first kappa shape index (κ1) is 25.2. The molecule has 1 aromatic carbocycles. The molecule has 0 aliphatic rings. The van der Waals surface area contributed by atoms with Gasteiger partial charge < -0.3 is 14.6 Å². The Morgan fingerprint density at radius 2 is 1.81 bits per heavy atom. The van der Waals surface area contributed by atoms with Gasteiger partial charge in [-0.1, -0.05) is 13.8 Å². The summed E-state index contributed by atoms with van der Waals surface area (Å²) in [6.07, 6.45) is 1.53. The number of amides is 1. The molecular formula is C21H28N4O6S. The number of aryl methyl sites for hydroxylation is 2. The van der Waals surface area contributed by atoms with Crippen molar-refractivity contribution < 1.29 is 27.5 Å². The van der Waals surface area contributed by atoms with E-state index >= 15 is 0 Å². The molecule has 32 heavy (non-hydrogen) atoms. The molecule has 0 radical (unpaired) electrons. The number of ketones is 1. The number of carbonyl (C=O) groups is 3. The Morgan fingerprint density at radius 3 is 2.38 bits per heavy atom. The molecule has 2 N–H and O–H groups in total. The molecule has 11 heteroatoms. The molecule has 0 aliphatic heterocycles. The number of carbonyl (C=O) groups excluding carboxylic acids is 3. The van der Waals surface area contributed by atoms with E-state index in [1.807, 2.05) is 13.8 Å². The first-order valence-corrected chi connectivity index (χ1v) is 11.5. The monoisotopic (exact) mass is 464 g/mol. The molecule has 0 unspecified atom stereocenters. The van der Waals surface area contributed by atoms with Gasteiger partial charge in [-0.25, -0.2) is 18.1 Å². The fourth-order valence-corrected chi connectivity index (χ4v) is 3.71. The van der Waals surface area contributed by atoms with Crippen molar-refractivity contribution in [2.45, 2.75) is 38.6 Å². The van der Waals surface area contributed by atoms with Crippen LogP contribution in [0.2, 0.25) is 0 Å². The summed E-state index contributed by atoms with van der Waals surface area (Å²) < 4.78 is 33.1. The molecule has 1 aromatic heterocycles. The highest BCUT2D eigenvalue weighted by atomic mass is 32.2. The molecule has 0 saturated heterocycles. The number of sulfonamides is 1. The number of esters is 1. The molecule has 0 aliphatic carbocycles. The number of anilines is 1. The third-order valence-electron chi connectivity index (χ3n) is 4.43. The Morgan fingerprint density at radius 1 is 1.16 bits per heavy atom. The van der Waals surface area contributed by atoms with Gasteiger partial charge in [-0.2, -0.15) is 0 Å². The van der Waals surface area contributed by atoms with Crippen LogP contribution in [0.15, 0.2) is 35.5 Å². The average Bonchev–Trinajstić information content (AvgIpc) is 3.05. The molecule has 2 aromatic rings. The van der Waals surface area contributed by atoms with Crippen molar-refractivity contribution in [1.82, 2.24) is 14.3 Å². The van der Waals surface area contributed by atoms with Crippen molar-refractivity contribution in [2.24, 2.45) is 13.0 Å². The molecular weight excluding hydrogens is 436 g/mol. The fourth-order valence-electron chi connectivity index (χ4n) is 2.64. The smallest absolute Gasteiger partial charge is 0.307 e. The average molecular weight is 465 g/mol. The first-order valence-electron chi connectivity index (χ1n) is 10.1. The number of hydrogen-bond acceptors (Lipinski definition) is 7. The third-order valence-corrected chi connectivity index (χ3v) is 5.76. The number of imidazole rings is 1. The van der Waals surface area contributed by atoms with Gasteiger partial charge in [-0.3, -0.25) is 14.4 Å². The Bertz CT molecular complexity index is 1050. The highest BCUT2D eigenvalue weighted by Crippen LogP contribution is 2.12. The Balaban J connectivity index is 1.76. The lowest BCUT2D eigenvalue weighted by molar-refractivity contribution is -0.142. The summed E-state index contributed by atoms with van der Waals surface area (Å²) in [5.74, 6) is -0.463. The van der Waals surface area contributed by atoms with Gasteiger partial charge in [-0.15, -0.1) is 0 Å². The van der Waals surface area contributed by atoms with Gasteiger partial charge >= 0.3 is 5.97 Å². The second kappa shape index (κ2) is 11.0. The largest absolute Gasteiger partial charge is 0.457 e. The Labute approximate surface area is 187 Å². The van der Waals surface area contributed by atoms with Crippen LogP contribution in [-0.2, 0) is 31.4 Å². The highest BCUT2D eigenvalue weighted by molar-refractivity contribution is 7.89. The van der Waals surface area contributed by atoms with Crippen LogP contribution in [0.5, 0.6) is 0 Å². The molecule has 0 saturated carbocycles. The minimum absolute atomic E-state index is 0.109. The number of ether oxygens (including phenoxy) is 1. The summed E-state index contributed by atoms with van der Waals surface area (Å²) in [6.45, 7) is 4.90. The van der Waals surface area contributed by atoms with Crippen molar-refractivity contribution in [3.63, 3.8) is 0 Å². The molecule has 2 rings (SSSR count). The maximum absolute atomic E-state index is 12.2. The molecule has 0 fully saturated rings. The van der Waals surface area contributed by atoms with Gasteiger partial charge in [0.15, 0.2) is 17.4 Å². The first-order chi connectivity index (χ1) is 15.0. The van der Waals surface area contributed by atoms with E-state index in [1.54, 1.807) is 30.7 Å². The van der Waals surface area contributed by atoms with E-state index < -0.39 is 28.4 Å². The topological polar surface area (TPSA) is 136 Å². The molecule has 174 valence electrons. The summed E-state index contributed by atoms with van der Waals surface area (Å²) in [6, 6.07) is 6.26. The van der Waals surface area contributed by atoms with Crippen LogP contribution in [0.4, 0.5) is 5.69 Å². The predicted octanol–water partition coefficient (Wildman–Crippen LogP) is 1.81. The van der Waals surface area contributed by atoms with Crippen LogP contribution in [0, 0.1) is 12.8 Å². The van der Waals surface area contributed by atoms with Crippen LogP contribution in [0.25, 0.3) is 0 Å². The number of nitrogens with zero attached hydrogens (tertiary/aromatic N) is 2. The van der Waals surface area contributed by atoms with Gasteiger partial charge in [0.2, 0.25) is 5.91 Å². The highest BCUT2D eigenvalue weighted by Gasteiger charge is 2.19. The van der Waals surface area contributed by atoms with Gasteiger partial charge in [0.1, 0.15) is 5.82 Å². The van der Waals surface area contributed by atoms with E-state index in [0.717, 1.165) is 0 Å². The summed E-state index contributed by atoms with van der Waals surface area (Å²) in [4.78, 5) is 39.8. The van der Waals surface area contributed by atoms with E-state index in [9.17, 15) is 22.8 Å². The summed E-state index contributed by atoms with van der Waals surface area (Å²) in [5.41, 5.74) is 0.894. The molecule has 1 amide bonds. The summed E-state index contributed by atoms with van der Waals surface area (Å²) in [7, 11) is -2.17. The van der Waals surface area contributed by atoms with E-state index in [4.69, 9.17) is 4.74 Å². The van der Waals surface area contributed by atoms with Gasteiger partial charge in [0.25, 0.3) is 10.0 Å². The lowest BCUT2D eigenvalue weighted by Gasteiger charge is -2.08. The van der Waals surface area contributed by atoms with Crippen LogP contribution < -0.4 is 10.0 Å². The van der Waals surface area contributed by atoms with Gasteiger partial charge in [-0.05, 0) is 37.1 Å². The number of aromatic nitrogens is 2. The van der Waals surface area contributed by atoms with Crippen molar-refractivity contribution in [2.75, 3.05) is 18.5 Å². The Kier molecular flexibility index (Phi) is 8.67. The zero-order valence-corrected chi connectivity index (χ0v) is 19.4. The number of rotatable bonds is 11. The quantitative estimate of drug-likeness (QED) is 0.382. The van der Waals surface area contributed by atoms with Crippen LogP contribution >= 0.6 is 0 Å². The lowest BCUT2D eigenvalue weighted by atomic mass is 10.1. The number of hydrogen-bond donors (Lipinski definition) is 2. The normalized spacial score (nSPS) is 11.4. The molecule has 0 atom stereocenters. The van der Waals surface area contributed by atoms with E-state index in [2.05, 4.69) is 15.0 Å². The molecule has 1 heterocycles. The van der Waals surface area contributed by atoms with E-state index in [1.165, 1.54) is 18.3 Å². The third kappa shape index (κ3) is 7.57. The van der Waals surface area contributed by atoms with Gasteiger partial charge in [0, 0.05) is 37.5 Å². The van der Waals surface area contributed by atoms with Crippen LogP contribution in [0.3, 0.4) is 0 Å². The Hall–Kier alpha value is -3.05. The summed E-state index contributed by atoms with van der Waals surface area (Å²) >= 11 is 0. The number of benzene rings is 1. The van der Waals surface area contributed by atoms with Crippen molar-refractivity contribution in [3.8, 4) is 0 Å². The second-order valence-electron chi connectivity index (χ2n) is 7.69. The zero-order chi connectivity index (χ0) is 23.9. The minimum atomic E-state index is -3.84. The van der Waals surface area contributed by atoms with Gasteiger partial charge in [0.05, 0.1) is 6.42 Å². The number of nitrogens with one attached hydrogen (secondary N) is 2. The van der Waals surface area contributed by atoms with Crippen molar-refractivity contribution in [3.05, 3.63) is 41.9 Å². The second-order valence-corrected chi connectivity index (χ2v) is 9.41. The van der Waals surface area contributed by atoms with Crippen LogP contribution in [0.1, 0.15) is 42.9 Å². The predicted molar refractivity (Wildman–Crippen MR) is 118 cm³/mol. The van der Waals surface area contributed by atoms with Crippen molar-refractivity contribution in [1.29, 1.82) is 0 Å². The SMILES string of the molecule is Cc1nc(S(=O)(=O)NCCC(=O)OCC(=O)c2ccc(NC(=O)CC(C)C)cc2)cn1C. The van der Waals surface area contributed by atoms with Crippen molar-refractivity contribution >= 4 is 33.4 Å². The summed E-state index contributed by atoms with van der Waals surface area (Å²) in [5, 5.41) is 2.61. The zero-order valence-electron chi connectivity index (χ0n) is 18.5. The fraction of sp³-hybridized carbons (Fsp3) is 0.429. The number of Topliss-reactive ketones (excluding diaryl/α,β-unsaturated/α-hetero) is 1. The standard InChI is InChI=1S/C21H28N4O6S/c1-14(2)11-19(27)24-17-7-5-16(6-8-17)18(26)13-31-21(28)9-10-22-32(29,30)20-12-25(4)15(3)23-20/h5-8,12,14,22H,9-11,13H2,1-4H3,(H,24,27). The van der Waals surface area contributed by atoms with E-state index in [-0.39, 0.29) is 29.8 Å². The maximum Gasteiger partial charge on any atom is 0.307 e. The maximum atomic E-state index is 12.2. The van der Waals surface area contributed by atoms with Crippen LogP contribution in [-0.4, -0.2) is 48.8 Å².